The molecule has 0 unspecified atom stereocenters. The number of halogens is 4. The van der Waals surface area contributed by atoms with Crippen molar-refractivity contribution in [2.24, 2.45) is 5.92 Å². The molecule has 0 bridgehead atoms. The Labute approximate surface area is 189 Å². The van der Waals surface area contributed by atoms with E-state index in [-0.39, 0.29) is 16.8 Å². The number of aromatic nitrogens is 1. The first-order valence-electron chi connectivity index (χ1n) is 10.1. The molecular weight excluding hydrogens is 441 g/mol. The molecule has 1 aromatic carbocycles. The number of carbonyl (C=O) groups is 1. The molecule has 1 saturated heterocycles. The van der Waals surface area contributed by atoms with Crippen LogP contribution in [0, 0.1) is 17.2 Å². The fourth-order valence-corrected chi connectivity index (χ4v) is 3.99. The van der Waals surface area contributed by atoms with Crippen LogP contribution in [-0.2, 0) is 17.5 Å². The molecule has 0 spiro atoms. The molecule has 2 aromatic rings. The second-order valence-electron chi connectivity index (χ2n) is 7.60. The van der Waals surface area contributed by atoms with Gasteiger partial charge in [0, 0.05) is 38.3 Å². The van der Waals surface area contributed by atoms with Crippen LogP contribution < -0.4 is 4.90 Å². The van der Waals surface area contributed by atoms with E-state index in [1.165, 1.54) is 0 Å². The number of pyridine rings is 1. The highest BCUT2D eigenvalue weighted by atomic mass is 35.5. The summed E-state index contributed by atoms with van der Waals surface area (Å²) in [4.78, 5) is 20.6. The lowest BCUT2D eigenvalue weighted by atomic mass is 9.95. The Hall–Kier alpha value is -3.05. The Kier molecular flexibility index (Phi) is 7.41. The van der Waals surface area contributed by atoms with E-state index in [9.17, 15) is 18.0 Å². The number of rotatable bonds is 6. The fraction of sp³-hybridized carbons (Fsp3) is 0.348. The quantitative estimate of drug-likeness (QED) is 0.563. The number of hydrogen-bond acceptors (Lipinski definition) is 4. The van der Waals surface area contributed by atoms with E-state index >= 15 is 0 Å². The first kappa shape index (κ1) is 23.6. The van der Waals surface area contributed by atoms with Crippen molar-refractivity contribution in [2.45, 2.75) is 25.6 Å². The number of nitriles is 1. The van der Waals surface area contributed by atoms with Crippen LogP contribution in [0.2, 0.25) is 5.02 Å². The zero-order chi connectivity index (χ0) is 23.3. The maximum atomic E-state index is 13.1. The van der Waals surface area contributed by atoms with Gasteiger partial charge in [-0.1, -0.05) is 29.8 Å². The van der Waals surface area contributed by atoms with Crippen molar-refractivity contribution in [2.75, 3.05) is 24.5 Å². The minimum absolute atomic E-state index is 0.000357. The van der Waals surface area contributed by atoms with E-state index < -0.39 is 11.7 Å². The van der Waals surface area contributed by atoms with Crippen LogP contribution in [0.4, 0.5) is 19.0 Å². The molecule has 0 aliphatic carbocycles. The van der Waals surface area contributed by atoms with Gasteiger partial charge in [0.2, 0.25) is 5.91 Å². The second-order valence-corrected chi connectivity index (χ2v) is 8.01. The van der Waals surface area contributed by atoms with E-state index in [0.29, 0.717) is 50.4 Å². The monoisotopic (exact) mass is 462 g/mol. The minimum Gasteiger partial charge on any atom is -0.355 e. The predicted molar refractivity (Wildman–Crippen MR) is 116 cm³/mol. The van der Waals surface area contributed by atoms with E-state index in [1.54, 1.807) is 23.1 Å². The summed E-state index contributed by atoms with van der Waals surface area (Å²) in [7, 11) is 0. The first-order chi connectivity index (χ1) is 15.2. The molecule has 0 N–H and O–H groups in total. The van der Waals surface area contributed by atoms with Crippen LogP contribution in [-0.4, -0.2) is 35.4 Å². The molecule has 1 aromatic heterocycles. The molecule has 0 radical (unpaired) electrons. The summed E-state index contributed by atoms with van der Waals surface area (Å²) in [6.07, 6.45) is -0.972. The summed E-state index contributed by atoms with van der Waals surface area (Å²) < 4.78 is 38.5. The summed E-state index contributed by atoms with van der Waals surface area (Å²) in [6, 6.07) is 10.0. The summed E-state index contributed by atoms with van der Waals surface area (Å²) in [5, 5.41) is 8.87. The Bertz CT molecular complexity index is 1010. The van der Waals surface area contributed by atoms with E-state index in [2.05, 4.69) is 17.6 Å². The Morgan fingerprint density at radius 2 is 1.97 bits per heavy atom. The van der Waals surface area contributed by atoms with Gasteiger partial charge in [0.05, 0.1) is 22.2 Å². The number of benzene rings is 1. The summed E-state index contributed by atoms with van der Waals surface area (Å²) in [5.41, 5.74) is 0.579. The van der Waals surface area contributed by atoms with Crippen LogP contribution in [0.3, 0.4) is 0 Å². The third-order valence-corrected chi connectivity index (χ3v) is 5.69. The van der Waals surface area contributed by atoms with Gasteiger partial charge in [-0.15, -0.1) is 6.58 Å². The third-order valence-electron chi connectivity index (χ3n) is 5.41. The molecule has 32 heavy (non-hydrogen) atoms. The molecule has 2 heterocycles. The maximum Gasteiger partial charge on any atom is 0.417 e. The highest BCUT2D eigenvalue weighted by molar-refractivity contribution is 6.33. The molecule has 0 saturated carbocycles. The highest BCUT2D eigenvalue weighted by Crippen LogP contribution is 2.34. The summed E-state index contributed by atoms with van der Waals surface area (Å²) in [6.45, 7) is 5.47. The number of piperidine rings is 1. The van der Waals surface area contributed by atoms with Gasteiger partial charge >= 0.3 is 6.18 Å². The topological polar surface area (TPSA) is 60.2 Å². The van der Waals surface area contributed by atoms with Gasteiger partial charge in [-0.2, -0.15) is 18.4 Å². The third kappa shape index (κ3) is 5.60. The maximum absolute atomic E-state index is 13.1. The van der Waals surface area contributed by atoms with E-state index in [4.69, 9.17) is 16.9 Å². The van der Waals surface area contributed by atoms with Crippen molar-refractivity contribution in [3.63, 3.8) is 0 Å². The van der Waals surface area contributed by atoms with Crippen LogP contribution >= 0.6 is 11.6 Å². The normalized spacial score (nSPS) is 14.7. The predicted octanol–water partition coefficient (Wildman–Crippen LogP) is 5.06. The number of carbonyl (C=O) groups excluding carboxylic acids is 1. The van der Waals surface area contributed by atoms with Crippen molar-refractivity contribution in [3.05, 3.63) is 70.9 Å². The lowest BCUT2D eigenvalue weighted by Gasteiger charge is -2.35. The number of nitrogens with zero attached hydrogens (tertiary/aromatic N) is 4. The van der Waals surface area contributed by atoms with Crippen molar-refractivity contribution in [1.29, 1.82) is 5.26 Å². The van der Waals surface area contributed by atoms with Gasteiger partial charge in [-0.3, -0.25) is 4.79 Å². The van der Waals surface area contributed by atoms with Crippen molar-refractivity contribution in [1.82, 2.24) is 9.88 Å². The number of amides is 1. The van der Waals surface area contributed by atoms with E-state index in [0.717, 1.165) is 17.8 Å². The van der Waals surface area contributed by atoms with Crippen molar-refractivity contribution < 1.29 is 18.0 Å². The lowest BCUT2D eigenvalue weighted by Crippen LogP contribution is -2.42. The second kappa shape index (κ2) is 10.0. The smallest absolute Gasteiger partial charge is 0.355 e. The molecular formula is C23H22ClF3N4O. The van der Waals surface area contributed by atoms with Crippen LogP contribution in [0.5, 0.6) is 0 Å². The van der Waals surface area contributed by atoms with E-state index in [1.807, 2.05) is 17.0 Å². The zero-order valence-electron chi connectivity index (χ0n) is 17.3. The number of anilines is 1. The standard InChI is InChI=1S/C23H22ClF3N4O/c1-2-9-31(15-17-5-3-16(13-28)4-6-17)22(32)18-7-10-30(11-8-18)21-20(24)12-19(14-29-21)23(25,26)27/h2-6,12,14,18H,1,7-11,15H2. The Morgan fingerprint density at radius 1 is 1.31 bits per heavy atom. The largest absolute Gasteiger partial charge is 0.417 e. The van der Waals surface area contributed by atoms with Gasteiger partial charge in [-0.05, 0) is 36.6 Å². The molecule has 0 atom stereocenters. The van der Waals surface area contributed by atoms with Crippen LogP contribution in [0.15, 0.2) is 49.2 Å². The van der Waals surface area contributed by atoms with Gasteiger partial charge in [0.15, 0.2) is 0 Å². The van der Waals surface area contributed by atoms with Gasteiger partial charge < -0.3 is 9.80 Å². The minimum atomic E-state index is -4.50. The Balaban J connectivity index is 1.64. The molecule has 9 heteroatoms. The van der Waals surface area contributed by atoms with Crippen LogP contribution in [0.1, 0.15) is 29.5 Å². The summed E-state index contributed by atoms with van der Waals surface area (Å²) in [5.74, 6) is 0.0873. The lowest BCUT2D eigenvalue weighted by molar-refractivity contribution is -0.138. The van der Waals surface area contributed by atoms with Crippen molar-refractivity contribution in [3.8, 4) is 6.07 Å². The Morgan fingerprint density at radius 3 is 2.50 bits per heavy atom. The van der Waals surface area contributed by atoms with Crippen LogP contribution in [0.25, 0.3) is 0 Å². The SMILES string of the molecule is C=CCN(Cc1ccc(C#N)cc1)C(=O)C1CCN(c2ncc(C(F)(F)F)cc2Cl)CC1. The first-order valence-corrected chi connectivity index (χ1v) is 10.5. The average molecular weight is 463 g/mol. The molecule has 1 amide bonds. The summed E-state index contributed by atoms with van der Waals surface area (Å²) >= 11 is 6.06. The molecule has 1 fully saturated rings. The molecule has 5 nitrogen and oxygen atoms in total. The van der Waals surface area contributed by atoms with Gasteiger partial charge in [-0.25, -0.2) is 4.98 Å². The van der Waals surface area contributed by atoms with Crippen molar-refractivity contribution >= 4 is 23.3 Å². The number of alkyl halides is 3. The molecule has 1 aliphatic heterocycles. The molecule has 168 valence electrons. The highest BCUT2D eigenvalue weighted by Gasteiger charge is 2.33. The van der Waals surface area contributed by atoms with Gasteiger partial charge in [0.1, 0.15) is 5.82 Å². The molecule has 1 aliphatic rings. The average Bonchev–Trinajstić information content (AvgIpc) is 2.78. The fourth-order valence-electron chi connectivity index (χ4n) is 3.71. The number of hydrogen-bond donors (Lipinski definition) is 0. The molecule has 3 rings (SSSR count). The zero-order valence-corrected chi connectivity index (χ0v) is 18.0. The van der Waals surface area contributed by atoms with Gasteiger partial charge in [0.25, 0.3) is 0 Å².